The largest absolute Gasteiger partial charge is 0.333 e. The summed E-state index contributed by atoms with van der Waals surface area (Å²) in [5, 5.41) is 3.35. The molecule has 0 aliphatic heterocycles. The lowest BCUT2D eigenvalue weighted by Gasteiger charge is -2.02. The fourth-order valence-electron chi connectivity index (χ4n) is 1.99. The van der Waals surface area contributed by atoms with Crippen molar-refractivity contribution in [2.45, 2.75) is 26.3 Å². The summed E-state index contributed by atoms with van der Waals surface area (Å²) in [6, 6.07) is 6.67. The number of nitrogens with zero attached hydrogens (tertiary/aromatic N) is 2. The number of halogens is 1. The molecule has 1 aromatic heterocycles. The SMILES string of the molecule is CCCNCCc1cn(Cc2cccc(F)c2)cn1. The van der Waals surface area contributed by atoms with Crippen LogP contribution >= 0.6 is 0 Å². The first-order valence-corrected chi connectivity index (χ1v) is 6.73. The number of hydrogen-bond acceptors (Lipinski definition) is 2. The standard InChI is InChI=1S/C15H20FN3/c1-2-7-17-8-6-15-11-19(12-18-15)10-13-4-3-5-14(16)9-13/h3-5,9,11-12,17H,2,6-8,10H2,1H3. The highest BCUT2D eigenvalue weighted by Gasteiger charge is 2.00. The summed E-state index contributed by atoms with van der Waals surface area (Å²) < 4.78 is 15.1. The molecule has 0 atom stereocenters. The molecule has 0 radical (unpaired) electrons. The molecule has 1 N–H and O–H groups in total. The molecule has 4 heteroatoms. The van der Waals surface area contributed by atoms with E-state index in [0.717, 1.165) is 37.2 Å². The molecule has 0 unspecified atom stereocenters. The van der Waals surface area contributed by atoms with Crippen LogP contribution < -0.4 is 5.32 Å². The van der Waals surface area contributed by atoms with Crippen LogP contribution in [0.4, 0.5) is 4.39 Å². The van der Waals surface area contributed by atoms with Crippen LogP contribution in [0.25, 0.3) is 0 Å². The normalized spacial score (nSPS) is 10.8. The molecule has 2 aromatic rings. The quantitative estimate of drug-likeness (QED) is 0.776. The molecule has 0 spiro atoms. The van der Waals surface area contributed by atoms with Crippen LogP contribution in [0.2, 0.25) is 0 Å². The van der Waals surface area contributed by atoms with E-state index in [0.29, 0.717) is 6.54 Å². The van der Waals surface area contributed by atoms with E-state index in [9.17, 15) is 4.39 Å². The number of rotatable bonds is 7. The molecule has 0 fully saturated rings. The second-order valence-corrected chi connectivity index (χ2v) is 4.67. The van der Waals surface area contributed by atoms with Gasteiger partial charge in [0, 0.05) is 25.7 Å². The third-order valence-corrected chi connectivity index (χ3v) is 2.93. The second-order valence-electron chi connectivity index (χ2n) is 4.67. The first-order chi connectivity index (χ1) is 9.28. The molecule has 0 aliphatic rings. The van der Waals surface area contributed by atoms with Gasteiger partial charge in [0.2, 0.25) is 0 Å². The Morgan fingerprint density at radius 2 is 2.21 bits per heavy atom. The van der Waals surface area contributed by atoms with E-state index in [-0.39, 0.29) is 5.82 Å². The molecule has 102 valence electrons. The van der Waals surface area contributed by atoms with E-state index in [1.165, 1.54) is 6.07 Å². The van der Waals surface area contributed by atoms with Gasteiger partial charge >= 0.3 is 0 Å². The van der Waals surface area contributed by atoms with Crippen LogP contribution in [0, 0.1) is 5.82 Å². The van der Waals surface area contributed by atoms with Crippen molar-refractivity contribution in [3.05, 3.63) is 53.9 Å². The zero-order chi connectivity index (χ0) is 13.5. The third-order valence-electron chi connectivity index (χ3n) is 2.93. The van der Waals surface area contributed by atoms with E-state index in [1.807, 2.05) is 16.8 Å². The molecule has 2 rings (SSSR count). The lowest BCUT2D eigenvalue weighted by Crippen LogP contribution is -2.17. The summed E-state index contributed by atoms with van der Waals surface area (Å²) in [7, 11) is 0. The Labute approximate surface area is 113 Å². The fourth-order valence-corrected chi connectivity index (χ4v) is 1.99. The Balaban J connectivity index is 1.87. The van der Waals surface area contributed by atoms with Crippen molar-refractivity contribution in [3.63, 3.8) is 0 Å². The molecular weight excluding hydrogens is 241 g/mol. The van der Waals surface area contributed by atoms with Crippen LogP contribution in [0.3, 0.4) is 0 Å². The molecular formula is C15H20FN3. The van der Waals surface area contributed by atoms with E-state index in [2.05, 4.69) is 17.2 Å². The van der Waals surface area contributed by atoms with Crippen LogP contribution in [0.15, 0.2) is 36.8 Å². The minimum atomic E-state index is -0.193. The predicted octanol–water partition coefficient (Wildman–Crippen LogP) is 2.61. The summed E-state index contributed by atoms with van der Waals surface area (Å²) in [5.74, 6) is -0.193. The van der Waals surface area contributed by atoms with Gasteiger partial charge in [-0.15, -0.1) is 0 Å². The van der Waals surface area contributed by atoms with E-state index >= 15 is 0 Å². The molecule has 0 saturated heterocycles. The Bertz CT molecular complexity index is 508. The van der Waals surface area contributed by atoms with Crippen molar-refractivity contribution in [3.8, 4) is 0 Å². The number of hydrogen-bond donors (Lipinski definition) is 1. The number of aromatic nitrogens is 2. The van der Waals surface area contributed by atoms with Crippen LogP contribution in [0.1, 0.15) is 24.6 Å². The fraction of sp³-hybridized carbons (Fsp3) is 0.400. The average Bonchev–Trinajstić information content (AvgIpc) is 2.82. The minimum absolute atomic E-state index is 0.193. The van der Waals surface area contributed by atoms with E-state index < -0.39 is 0 Å². The van der Waals surface area contributed by atoms with Gasteiger partial charge in [0.15, 0.2) is 0 Å². The summed E-state index contributed by atoms with van der Waals surface area (Å²) in [4.78, 5) is 4.36. The number of imidazole rings is 1. The Hall–Kier alpha value is -1.68. The van der Waals surface area contributed by atoms with Crippen molar-refractivity contribution in [2.75, 3.05) is 13.1 Å². The molecule has 0 bridgehead atoms. The van der Waals surface area contributed by atoms with Gasteiger partial charge in [0.25, 0.3) is 0 Å². The Morgan fingerprint density at radius 3 is 3.00 bits per heavy atom. The molecule has 1 heterocycles. The second kappa shape index (κ2) is 7.04. The van der Waals surface area contributed by atoms with Crippen molar-refractivity contribution in [1.82, 2.24) is 14.9 Å². The van der Waals surface area contributed by atoms with Crippen LogP contribution in [0.5, 0.6) is 0 Å². The number of nitrogens with one attached hydrogen (secondary N) is 1. The van der Waals surface area contributed by atoms with Gasteiger partial charge in [0.05, 0.1) is 12.0 Å². The van der Waals surface area contributed by atoms with Crippen molar-refractivity contribution in [2.24, 2.45) is 0 Å². The highest BCUT2D eigenvalue weighted by atomic mass is 19.1. The predicted molar refractivity (Wildman–Crippen MR) is 74.6 cm³/mol. The minimum Gasteiger partial charge on any atom is -0.333 e. The molecule has 0 aliphatic carbocycles. The zero-order valence-corrected chi connectivity index (χ0v) is 11.3. The highest BCUT2D eigenvalue weighted by Crippen LogP contribution is 2.07. The average molecular weight is 261 g/mol. The molecule has 19 heavy (non-hydrogen) atoms. The first kappa shape index (κ1) is 13.7. The van der Waals surface area contributed by atoms with Crippen LogP contribution in [-0.2, 0) is 13.0 Å². The lowest BCUT2D eigenvalue weighted by molar-refractivity contribution is 0.623. The Kier molecular flexibility index (Phi) is 5.10. The Morgan fingerprint density at radius 1 is 1.32 bits per heavy atom. The maximum Gasteiger partial charge on any atom is 0.123 e. The van der Waals surface area contributed by atoms with Crippen molar-refractivity contribution < 1.29 is 4.39 Å². The van der Waals surface area contributed by atoms with Gasteiger partial charge < -0.3 is 9.88 Å². The van der Waals surface area contributed by atoms with Crippen LogP contribution in [-0.4, -0.2) is 22.6 Å². The number of benzene rings is 1. The molecule has 3 nitrogen and oxygen atoms in total. The summed E-state index contributed by atoms with van der Waals surface area (Å²) in [5.41, 5.74) is 2.02. The molecule has 1 aromatic carbocycles. The monoisotopic (exact) mass is 261 g/mol. The van der Waals surface area contributed by atoms with Crippen molar-refractivity contribution >= 4 is 0 Å². The molecule has 0 amide bonds. The topological polar surface area (TPSA) is 29.9 Å². The molecule has 0 saturated carbocycles. The maximum atomic E-state index is 13.1. The summed E-state index contributed by atoms with van der Waals surface area (Å²) >= 11 is 0. The summed E-state index contributed by atoms with van der Waals surface area (Å²) in [6.45, 7) is 4.81. The van der Waals surface area contributed by atoms with Crippen molar-refractivity contribution in [1.29, 1.82) is 0 Å². The maximum absolute atomic E-state index is 13.1. The van der Waals surface area contributed by atoms with Gasteiger partial charge in [-0.2, -0.15) is 0 Å². The zero-order valence-electron chi connectivity index (χ0n) is 11.3. The van der Waals surface area contributed by atoms with Gasteiger partial charge in [0.1, 0.15) is 5.82 Å². The van der Waals surface area contributed by atoms with E-state index in [4.69, 9.17) is 0 Å². The lowest BCUT2D eigenvalue weighted by atomic mass is 10.2. The van der Waals surface area contributed by atoms with Gasteiger partial charge in [-0.25, -0.2) is 9.37 Å². The first-order valence-electron chi connectivity index (χ1n) is 6.73. The highest BCUT2D eigenvalue weighted by molar-refractivity contribution is 5.17. The third kappa shape index (κ3) is 4.48. The summed E-state index contributed by atoms with van der Waals surface area (Å²) in [6.07, 6.45) is 5.91. The smallest absolute Gasteiger partial charge is 0.123 e. The van der Waals surface area contributed by atoms with Gasteiger partial charge in [-0.3, -0.25) is 0 Å². The van der Waals surface area contributed by atoms with Gasteiger partial charge in [-0.1, -0.05) is 19.1 Å². The van der Waals surface area contributed by atoms with Gasteiger partial charge in [-0.05, 0) is 30.7 Å². The van der Waals surface area contributed by atoms with E-state index in [1.54, 1.807) is 18.5 Å².